The van der Waals surface area contributed by atoms with E-state index in [4.69, 9.17) is 0 Å². The van der Waals surface area contributed by atoms with Crippen molar-refractivity contribution in [1.82, 2.24) is 15.6 Å². The molecule has 6 heteroatoms. The second-order valence-corrected chi connectivity index (χ2v) is 4.28. The lowest BCUT2D eigenvalue weighted by atomic mass is 10.1. The first-order chi connectivity index (χ1) is 9.24. The SMILES string of the molecule is CCNC(=NC)NCCc1c[nH]c2ccc(F)cc12.I. The molecule has 0 saturated carbocycles. The largest absolute Gasteiger partial charge is 0.361 e. The minimum atomic E-state index is -0.204. The number of aliphatic imine (C=N–C) groups is 1. The summed E-state index contributed by atoms with van der Waals surface area (Å²) in [6.45, 7) is 3.61. The van der Waals surface area contributed by atoms with Gasteiger partial charge in [0.05, 0.1) is 0 Å². The molecule has 0 unspecified atom stereocenters. The predicted molar refractivity (Wildman–Crippen MR) is 92.4 cm³/mol. The van der Waals surface area contributed by atoms with Crippen molar-refractivity contribution in [3.05, 3.63) is 35.8 Å². The van der Waals surface area contributed by atoms with Crippen molar-refractivity contribution in [2.24, 2.45) is 4.99 Å². The number of aromatic nitrogens is 1. The number of aromatic amines is 1. The fraction of sp³-hybridized carbons (Fsp3) is 0.357. The Morgan fingerprint density at radius 2 is 2.15 bits per heavy atom. The normalized spacial score (nSPS) is 11.2. The first-order valence-corrected chi connectivity index (χ1v) is 6.44. The summed E-state index contributed by atoms with van der Waals surface area (Å²) < 4.78 is 13.2. The molecule has 0 atom stereocenters. The molecule has 2 aromatic rings. The topological polar surface area (TPSA) is 52.2 Å². The van der Waals surface area contributed by atoms with E-state index in [1.54, 1.807) is 19.2 Å². The Labute approximate surface area is 135 Å². The van der Waals surface area contributed by atoms with Crippen LogP contribution in [-0.2, 0) is 6.42 Å². The average Bonchev–Trinajstić information content (AvgIpc) is 2.80. The number of halogens is 2. The maximum absolute atomic E-state index is 13.2. The number of hydrogen-bond donors (Lipinski definition) is 3. The average molecular weight is 390 g/mol. The molecule has 0 fully saturated rings. The van der Waals surface area contributed by atoms with Crippen molar-refractivity contribution < 1.29 is 4.39 Å². The van der Waals surface area contributed by atoms with Gasteiger partial charge in [0.1, 0.15) is 5.82 Å². The Bertz CT molecular complexity index is 580. The highest BCUT2D eigenvalue weighted by molar-refractivity contribution is 14.0. The van der Waals surface area contributed by atoms with Crippen LogP contribution in [0.25, 0.3) is 10.9 Å². The Morgan fingerprint density at radius 3 is 2.85 bits per heavy atom. The fourth-order valence-electron chi connectivity index (χ4n) is 2.06. The molecule has 110 valence electrons. The Kier molecular flexibility index (Phi) is 6.77. The third-order valence-corrected chi connectivity index (χ3v) is 2.98. The van der Waals surface area contributed by atoms with E-state index in [9.17, 15) is 4.39 Å². The highest BCUT2D eigenvalue weighted by Gasteiger charge is 2.05. The smallest absolute Gasteiger partial charge is 0.190 e. The molecule has 0 aliphatic rings. The maximum Gasteiger partial charge on any atom is 0.190 e. The second kappa shape index (κ2) is 8.08. The number of nitrogens with zero attached hydrogens (tertiary/aromatic N) is 1. The summed E-state index contributed by atoms with van der Waals surface area (Å²) in [7, 11) is 1.74. The van der Waals surface area contributed by atoms with Crippen LogP contribution in [-0.4, -0.2) is 31.1 Å². The van der Waals surface area contributed by atoms with E-state index >= 15 is 0 Å². The molecule has 1 heterocycles. The maximum atomic E-state index is 13.2. The molecular weight excluding hydrogens is 370 g/mol. The molecule has 1 aromatic heterocycles. The van der Waals surface area contributed by atoms with E-state index in [1.807, 2.05) is 13.1 Å². The van der Waals surface area contributed by atoms with Gasteiger partial charge in [-0.25, -0.2) is 4.39 Å². The van der Waals surface area contributed by atoms with Crippen molar-refractivity contribution in [2.75, 3.05) is 20.1 Å². The monoisotopic (exact) mass is 390 g/mol. The van der Waals surface area contributed by atoms with E-state index in [1.165, 1.54) is 6.07 Å². The lowest BCUT2D eigenvalue weighted by Gasteiger charge is -2.09. The van der Waals surface area contributed by atoms with Crippen molar-refractivity contribution in [3.63, 3.8) is 0 Å². The summed E-state index contributed by atoms with van der Waals surface area (Å²) in [5, 5.41) is 7.29. The number of fused-ring (bicyclic) bond motifs is 1. The highest BCUT2D eigenvalue weighted by atomic mass is 127. The van der Waals surface area contributed by atoms with Gasteiger partial charge in [0.15, 0.2) is 5.96 Å². The van der Waals surface area contributed by atoms with Crippen molar-refractivity contribution >= 4 is 40.8 Å². The summed E-state index contributed by atoms with van der Waals surface area (Å²) >= 11 is 0. The second-order valence-electron chi connectivity index (χ2n) is 4.28. The molecule has 0 spiro atoms. The van der Waals surface area contributed by atoms with Crippen molar-refractivity contribution in [1.29, 1.82) is 0 Å². The summed E-state index contributed by atoms with van der Waals surface area (Å²) in [4.78, 5) is 7.25. The molecule has 0 amide bonds. The van der Waals surface area contributed by atoms with Gasteiger partial charge in [0.25, 0.3) is 0 Å². The zero-order valence-corrected chi connectivity index (χ0v) is 14.0. The first kappa shape index (κ1) is 16.7. The third kappa shape index (κ3) is 4.09. The van der Waals surface area contributed by atoms with Gasteiger partial charge in [-0.05, 0) is 37.1 Å². The van der Waals surface area contributed by atoms with Crippen molar-refractivity contribution in [2.45, 2.75) is 13.3 Å². The quantitative estimate of drug-likeness (QED) is 0.427. The van der Waals surface area contributed by atoms with Crippen LogP contribution in [0.3, 0.4) is 0 Å². The van der Waals surface area contributed by atoms with Gasteiger partial charge in [-0.2, -0.15) is 0 Å². The number of rotatable bonds is 4. The van der Waals surface area contributed by atoms with E-state index in [0.717, 1.165) is 41.9 Å². The summed E-state index contributed by atoms with van der Waals surface area (Å²) in [6.07, 6.45) is 2.75. The molecule has 0 aliphatic heterocycles. The van der Waals surface area contributed by atoms with Gasteiger partial charge >= 0.3 is 0 Å². The summed E-state index contributed by atoms with van der Waals surface area (Å²) in [6, 6.07) is 4.80. The van der Waals surface area contributed by atoms with Gasteiger partial charge in [-0.3, -0.25) is 4.99 Å². The number of H-pyrrole nitrogens is 1. The molecule has 1 aromatic carbocycles. The minimum Gasteiger partial charge on any atom is -0.361 e. The molecule has 20 heavy (non-hydrogen) atoms. The fourth-order valence-corrected chi connectivity index (χ4v) is 2.06. The van der Waals surface area contributed by atoms with Gasteiger partial charge < -0.3 is 15.6 Å². The van der Waals surface area contributed by atoms with Gasteiger partial charge in [-0.15, -0.1) is 24.0 Å². The van der Waals surface area contributed by atoms with E-state index in [0.29, 0.717) is 0 Å². The predicted octanol–water partition coefficient (Wildman–Crippen LogP) is 2.65. The number of nitrogens with one attached hydrogen (secondary N) is 3. The van der Waals surface area contributed by atoms with Gasteiger partial charge in [-0.1, -0.05) is 0 Å². The molecule has 0 radical (unpaired) electrons. The minimum absolute atomic E-state index is 0. The zero-order valence-electron chi connectivity index (χ0n) is 11.7. The molecule has 0 bridgehead atoms. The lowest BCUT2D eigenvalue weighted by molar-refractivity contribution is 0.629. The number of hydrogen-bond acceptors (Lipinski definition) is 1. The van der Waals surface area contributed by atoms with Crippen LogP contribution in [0.2, 0.25) is 0 Å². The van der Waals surface area contributed by atoms with Crippen molar-refractivity contribution in [3.8, 4) is 0 Å². The number of benzene rings is 1. The van der Waals surface area contributed by atoms with Crippen LogP contribution in [0.4, 0.5) is 4.39 Å². The molecule has 4 nitrogen and oxygen atoms in total. The van der Waals surface area contributed by atoms with E-state index in [2.05, 4.69) is 20.6 Å². The van der Waals surface area contributed by atoms with E-state index in [-0.39, 0.29) is 29.8 Å². The molecule has 0 aliphatic carbocycles. The van der Waals surface area contributed by atoms with Gasteiger partial charge in [0.2, 0.25) is 0 Å². The van der Waals surface area contributed by atoms with E-state index < -0.39 is 0 Å². The van der Waals surface area contributed by atoms with Crippen LogP contribution >= 0.6 is 24.0 Å². The van der Waals surface area contributed by atoms with Crippen LogP contribution in [0, 0.1) is 5.82 Å². The van der Waals surface area contributed by atoms with Crippen LogP contribution in [0.1, 0.15) is 12.5 Å². The Balaban J connectivity index is 0.00000200. The lowest BCUT2D eigenvalue weighted by Crippen LogP contribution is -2.38. The standard InChI is InChI=1S/C14H19FN4.HI/c1-3-17-14(16-2)18-7-6-10-9-19-13-5-4-11(15)8-12(10)13;/h4-5,8-9,19H,3,6-7H2,1-2H3,(H2,16,17,18);1H. The Hall–Kier alpha value is -1.31. The highest BCUT2D eigenvalue weighted by Crippen LogP contribution is 2.19. The Morgan fingerprint density at radius 1 is 1.35 bits per heavy atom. The van der Waals surface area contributed by atoms with Crippen LogP contribution < -0.4 is 10.6 Å². The van der Waals surface area contributed by atoms with Gasteiger partial charge in [0, 0.05) is 37.2 Å². The zero-order chi connectivity index (χ0) is 13.7. The molecular formula is C14H20FIN4. The first-order valence-electron chi connectivity index (χ1n) is 6.44. The third-order valence-electron chi connectivity index (χ3n) is 2.98. The van der Waals surface area contributed by atoms with Crippen LogP contribution in [0.5, 0.6) is 0 Å². The molecule has 2 rings (SSSR count). The molecule has 3 N–H and O–H groups in total. The van der Waals surface area contributed by atoms with Crippen LogP contribution in [0.15, 0.2) is 29.4 Å². The summed E-state index contributed by atoms with van der Waals surface area (Å²) in [5.74, 6) is 0.582. The molecule has 0 saturated heterocycles. The number of guanidine groups is 1. The summed E-state index contributed by atoms with van der Waals surface area (Å²) in [5.41, 5.74) is 2.07.